The minimum Gasteiger partial charge on any atom is -0.380 e. The quantitative estimate of drug-likeness (QED) is 0.584. The fraction of sp³-hybridized carbons (Fsp3) is 0.350. The van der Waals surface area contributed by atoms with Crippen LogP contribution in [0.4, 0.5) is 8.78 Å². The molecule has 26 heavy (non-hydrogen) atoms. The Balaban J connectivity index is 2.03. The van der Waals surface area contributed by atoms with E-state index in [0.29, 0.717) is 36.7 Å². The number of methoxy groups -OCH3 is 1. The average molecular weight is 361 g/mol. The number of nitrogens with zero attached hydrogens (tertiary/aromatic N) is 1. The highest BCUT2D eigenvalue weighted by atomic mass is 19.1. The van der Waals surface area contributed by atoms with Gasteiger partial charge in [0.25, 0.3) is 0 Å². The van der Waals surface area contributed by atoms with Crippen molar-refractivity contribution in [2.24, 2.45) is 4.99 Å². The first kappa shape index (κ1) is 19.8. The van der Waals surface area contributed by atoms with Gasteiger partial charge in [-0.15, -0.1) is 0 Å². The third kappa shape index (κ3) is 5.81. The Bertz CT molecular complexity index is 763. The van der Waals surface area contributed by atoms with Crippen LogP contribution >= 0.6 is 0 Å². The van der Waals surface area contributed by atoms with E-state index < -0.39 is 0 Å². The monoisotopic (exact) mass is 361 g/mol. The van der Waals surface area contributed by atoms with E-state index in [2.05, 4.69) is 15.6 Å². The van der Waals surface area contributed by atoms with Crippen LogP contribution < -0.4 is 10.6 Å². The van der Waals surface area contributed by atoms with Crippen molar-refractivity contribution in [3.63, 3.8) is 0 Å². The highest BCUT2D eigenvalue weighted by molar-refractivity contribution is 5.79. The molecule has 0 aliphatic carbocycles. The molecule has 0 atom stereocenters. The predicted octanol–water partition coefficient (Wildman–Crippen LogP) is 3.67. The molecule has 0 radical (unpaired) electrons. The minimum atomic E-state index is -0.286. The van der Waals surface area contributed by atoms with E-state index >= 15 is 0 Å². The number of rotatable bonds is 7. The lowest BCUT2D eigenvalue weighted by Crippen LogP contribution is -2.36. The highest BCUT2D eigenvalue weighted by Crippen LogP contribution is 2.13. The largest absolute Gasteiger partial charge is 0.380 e. The number of aliphatic imine (C=N–C) groups is 1. The average Bonchev–Trinajstić information content (AvgIpc) is 2.63. The van der Waals surface area contributed by atoms with Gasteiger partial charge in [0.2, 0.25) is 0 Å². The Morgan fingerprint density at radius 2 is 1.81 bits per heavy atom. The molecule has 4 nitrogen and oxygen atoms in total. The van der Waals surface area contributed by atoms with Gasteiger partial charge >= 0.3 is 0 Å². The Kier molecular flexibility index (Phi) is 7.53. The Morgan fingerprint density at radius 1 is 1.04 bits per heavy atom. The van der Waals surface area contributed by atoms with E-state index in [0.717, 1.165) is 11.1 Å². The standard InChI is InChI=1S/C20H25F2N3O/c1-4-23-20(25-12-16-6-5-14(2)19(22)10-16)24-11-15-7-8-18(21)17(9-15)13-26-3/h5-10H,4,11-13H2,1-3H3,(H2,23,24,25). The molecule has 2 aromatic rings. The second kappa shape index (κ2) is 9.87. The molecule has 2 rings (SSSR count). The van der Waals surface area contributed by atoms with Crippen LogP contribution in [-0.4, -0.2) is 19.6 Å². The van der Waals surface area contributed by atoms with E-state index in [-0.39, 0.29) is 18.2 Å². The molecule has 0 unspecified atom stereocenters. The molecule has 0 bridgehead atoms. The van der Waals surface area contributed by atoms with Crippen LogP contribution in [0.25, 0.3) is 0 Å². The van der Waals surface area contributed by atoms with Gasteiger partial charge in [-0.05, 0) is 48.7 Å². The summed E-state index contributed by atoms with van der Waals surface area (Å²) >= 11 is 0. The molecule has 0 saturated carbocycles. The van der Waals surface area contributed by atoms with Crippen LogP contribution in [-0.2, 0) is 24.4 Å². The summed E-state index contributed by atoms with van der Waals surface area (Å²) in [6, 6.07) is 10.0. The van der Waals surface area contributed by atoms with Crippen molar-refractivity contribution in [3.8, 4) is 0 Å². The van der Waals surface area contributed by atoms with Gasteiger partial charge < -0.3 is 15.4 Å². The van der Waals surface area contributed by atoms with Crippen LogP contribution in [0.15, 0.2) is 41.4 Å². The zero-order valence-electron chi connectivity index (χ0n) is 15.4. The Morgan fingerprint density at radius 3 is 2.50 bits per heavy atom. The van der Waals surface area contributed by atoms with Gasteiger partial charge in [-0.25, -0.2) is 13.8 Å². The van der Waals surface area contributed by atoms with E-state index in [9.17, 15) is 8.78 Å². The van der Waals surface area contributed by atoms with Gasteiger partial charge in [0.15, 0.2) is 5.96 Å². The SMILES string of the molecule is CCNC(=NCc1ccc(F)c(COC)c1)NCc1ccc(C)c(F)c1. The second-order valence-corrected chi connectivity index (χ2v) is 5.99. The number of halogens is 2. The lowest BCUT2D eigenvalue weighted by Gasteiger charge is -2.12. The third-order valence-electron chi connectivity index (χ3n) is 3.87. The van der Waals surface area contributed by atoms with Crippen LogP contribution in [0.5, 0.6) is 0 Å². The van der Waals surface area contributed by atoms with Gasteiger partial charge in [0.1, 0.15) is 11.6 Å². The first-order valence-electron chi connectivity index (χ1n) is 8.57. The maximum absolute atomic E-state index is 13.7. The first-order chi connectivity index (χ1) is 12.5. The van der Waals surface area contributed by atoms with Gasteiger partial charge in [-0.2, -0.15) is 0 Å². The minimum absolute atomic E-state index is 0.219. The van der Waals surface area contributed by atoms with Crippen molar-refractivity contribution in [1.29, 1.82) is 0 Å². The smallest absolute Gasteiger partial charge is 0.191 e. The van der Waals surface area contributed by atoms with Crippen molar-refractivity contribution in [3.05, 3.63) is 70.3 Å². The van der Waals surface area contributed by atoms with Crippen molar-refractivity contribution in [2.75, 3.05) is 13.7 Å². The summed E-state index contributed by atoms with van der Waals surface area (Å²) in [7, 11) is 1.53. The van der Waals surface area contributed by atoms with Gasteiger partial charge in [-0.3, -0.25) is 0 Å². The molecular weight excluding hydrogens is 336 g/mol. The first-order valence-corrected chi connectivity index (χ1v) is 8.57. The Hall–Kier alpha value is -2.47. The molecule has 2 N–H and O–H groups in total. The fourth-order valence-electron chi connectivity index (χ4n) is 2.44. The van der Waals surface area contributed by atoms with E-state index in [1.807, 2.05) is 13.0 Å². The number of ether oxygens (including phenoxy) is 1. The van der Waals surface area contributed by atoms with Crippen LogP contribution in [0.1, 0.15) is 29.2 Å². The molecule has 0 aromatic heterocycles. The molecule has 140 valence electrons. The topological polar surface area (TPSA) is 45.7 Å². The molecule has 0 fully saturated rings. The van der Waals surface area contributed by atoms with E-state index in [4.69, 9.17) is 4.74 Å². The molecule has 0 aliphatic rings. The van der Waals surface area contributed by atoms with Gasteiger partial charge in [0.05, 0.1) is 13.2 Å². The molecular formula is C20H25F2N3O. The number of nitrogens with one attached hydrogen (secondary N) is 2. The van der Waals surface area contributed by atoms with Gasteiger partial charge in [0, 0.05) is 25.8 Å². The number of aryl methyl sites for hydroxylation is 1. The zero-order chi connectivity index (χ0) is 18.9. The lowest BCUT2D eigenvalue weighted by molar-refractivity contribution is 0.181. The summed E-state index contributed by atoms with van der Waals surface area (Å²) < 4.78 is 32.3. The van der Waals surface area contributed by atoms with Gasteiger partial charge in [-0.1, -0.05) is 18.2 Å². The van der Waals surface area contributed by atoms with Crippen LogP contribution in [0, 0.1) is 18.6 Å². The molecule has 6 heteroatoms. The highest BCUT2D eigenvalue weighted by Gasteiger charge is 2.05. The lowest BCUT2D eigenvalue weighted by atomic mass is 10.1. The molecule has 2 aromatic carbocycles. The molecule has 0 amide bonds. The van der Waals surface area contributed by atoms with Crippen molar-refractivity contribution in [2.45, 2.75) is 33.5 Å². The molecule has 0 spiro atoms. The van der Waals surface area contributed by atoms with Crippen molar-refractivity contribution < 1.29 is 13.5 Å². The fourth-order valence-corrected chi connectivity index (χ4v) is 2.44. The van der Waals surface area contributed by atoms with Crippen LogP contribution in [0.2, 0.25) is 0 Å². The van der Waals surface area contributed by atoms with E-state index in [1.54, 1.807) is 25.1 Å². The second-order valence-electron chi connectivity index (χ2n) is 5.99. The van der Waals surface area contributed by atoms with Crippen molar-refractivity contribution in [1.82, 2.24) is 10.6 Å². The summed E-state index contributed by atoms with van der Waals surface area (Å²) in [4.78, 5) is 4.51. The number of hydrogen-bond donors (Lipinski definition) is 2. The van der Waals surface area contributed by atoms with Crippen molar-refractivity contribution >= 4 is 5.96 Å². The summed E-state index contributed by atoms with van der Waals surface area (Å²) in [5.74, 6) is 0.111. The number of hydrogen-bond acceptors (Lipinski definition) is 2. The molecule has 0 aliphatic heterocycles. The third-order valence-corrected chi connectivity index (χ3v) is 3.87. The summed E-state index contributed by atoms with van der Waals surface area (Å²) in [6.07, 6.45) is 0. The van der Waals surface area contributed by atoms with Crippen LogP contribution in [0.3, 0.4) is 0 Å². The number of guanidine groups is 1. The normalized spacial score (nSPS) is 11.5. The summed E-state index contributed by atoms with van der Waals surface area (Å²) in [5.41, 5.74) is 2.85. The summed E-state index contributed by atoms with van der Waals surface area (Å²) in [6.45, 7) is 5.49. The molecule has 0 heterocycles. The number of benzene rings is 2. The zero-order valence-corrected chi connectivity index (χ0v) is 15.4. The maximum Gasteiger partial charge on any atom is 0.191 e. The maximum atomic E-state index is 13.7. The Labute approximate surface area is 153 Å². The summed E-state index contributed by atoms with van der Waals surface area (Å²) in [5, 5.41) is 6.33. The van der Waals surface area contributed by atoms with E-state index in [1.165, 1.54) is 19.2 Å². The predicted molar refractivity (Wildman–Crippen MR) is 99.9 cm³/mol. The molecule has 0 saturated heterocycles.